The maximum Gasteiger partial charge on any atom is 0.240 e. The summed E-state index contributed by atoms with van der Waals surface area (Å²) in [7, 11) is 1.79. The van der Waals surface area contributed by atoms with Crippen molar-refractivity contribution in [2.24, 2.45) is 5.41 Å². The Morgan fingerprint density at radius 1 is 1.10 bits per heavy atom. The van der Waals surface area contributed by atoms with Crippen LogP contribution in [-0.2, 0) is 11.3 Å². The molecular formula is C21H30N6OS. The van der Waals surface area contributed by atoms with Gasteiger partial charge in [0.2, 0.25) is 16.2 Å². The lowest BCUT2D eigenvalue weighted by Crippen LogP contribution is -2.62. The minimum absolute atomic E-state index is 0.00716. The first-order valence-corrected chi connectivity index (χ1v) is 11.1. The van der Waals surface area contributed by atoms with Gasteiger partial charge in [0.05, 0.1) is 6.54 Å². The lowest BCUT2D eigenvalue weighted by molar-refractivity contribution is -0.119. The number of anilines is 2. The number of amides is 1. The molecule has 2 aromatic rings. The van der Waals surface area contributed by atoms with E-state index < -0.39 is 0 Å². The number of carbonyl (C=O) groups excluding carboxylic acids is 1. The third-order valence-electron chi connectivity index (χ3n) is 5.80. The summed E-state index contributed by atoms with van der Waals surface area (Å²) < 4.78 is 0. The molecule has 1 aromatic heterocycles. The molecule has 0 saturated carbocycles. The lowest BCUT2D eigenvalue weighted by Gasteiger charge is -2.54. The number of hydrogen-bond acceptors (Lipinski definition) is 7. The zero-order chi connectivity index (χ0) is 20.4. The molecule has 2 aliphatic rings. The van der Waals surface area contributed by atoms with Gasteiger partial charge in [-0.1, -0.05) is 40.7 Å². The van der Waals surface area contributed by atoms with E-state index in [0.717, 1.165) is 39.1 Å². The van der Waals surface area contributed by atoms with E-state index in [2.05, 4.69) is 62.7 Å². The summed E-state index contributed by atoms with van der Waals surface area (Å²) in [6.45, 7) is 10.0. The standard InChI is InChI=1S/C21H30N6OS/c1-15-7-16(2)9-17(8-15)10-27-13-21(14-27)5-4-6-26(12-21)11-18(28)23-20-25-24-19(22-3)29-20/h7-9H,4-6,10-14H2,1-3H3,(H,22,24)(H,23,25,28). The molecule has 1 amide bonds. The summed E-state index contributed by atoms with van der Waals surface area (Å²) in [5.41, 5.74) is 4.42. The lowest BCUT2D eigenvalue weighted by atomic mass is 9.73. The van der Waals surface area contributed by atoms with Gasteiger partial charge in [-0.05, 0) is 38.8 Å². The van der Waals surface area contributed by atoms with Crippen LogP contribution in [0.2, 0.25) is 0 Å². The molecule has 7 nitrogen and oxygen atoms in total. The van der Waals surface area contributed by atoms with Gasteiger partial charge in [0.25, 0.3) is 0 Å². The summed E-state index contributed by atoms with van der Waals surface area (Å²) in [6.07, 6.45) is 2.42. The van der Waals surface area contributed by atoms with E-state index in [0.29, 0.717) is 22.2 Å². The summed E-state index contributed by atoms with van der Waals surface area (Å²) in [5, 5.41) is 15.0. The van der Waals surface area contributed by atoms with Crippen LogP contribution in [0.4, 0.5) is 10.3 Å². The molecule has 2 saturated heterocycles. The van der Waals surface area contributed by atoms with Crippen LogP contribution in [0.3, 0.4) is 0 Å². The minimum Gasteiger partial charge on any atom is -0.363 e. The van der Waals surface area contributed by atoms with Crippen molar-refractivity contribution < 1.29 is 4.79 Å². The predicted molar refractivity (Wildman–Crippen MR) is 117 cm³/mol. The molecule has 1 aromatic carbocycles. The summed E-state index contributed by atoms with van der Waals surface area (Å²) in [4.78, 5) is 17.3. The third kappa shape index (κ3) is 4.94. The van der Waals surface area contributed by atoms with Gasteiger partial charge >= 0.3 is 0 Å². The summed E-state index contributed by atoms with van der Waals surface area (Å²) in [6, 6.07) is 6.82. The first-order chi connectivity index (χ1) is 13.9. The van der Waals surface area contributed by atoms with Crippen LogP contribution in [0, 0.1) is 19.3 Å². The second-order valence-corrected chi connectivity index (χ2v) is 9.64. The molecule has 2 aliphatic heterocycles. The van der Waals surface area contributed by atoms with E-state index >= 15 is 0 Å². The highest BCUT2D eigenvalue weighted by Gasteiger charge is 2.45. The highest BCUT2D eigenvalue weighted by atomic mass is 32.1. The number of piperidine rings is 1. The van der Waals surface area contributed by atoms with Gasteiger partial charge in [-0.3, -0.25) is 19.9 Å². The van der Waals surface area contributed by atoms with Gasteiger partial charge in [-0.15, -0.1) is 10.2 Å². The van der Waals surface area contributed by atoms with Gasteiger partial charge in [0.1, 0.15) is 0 Å². The van der Waals surface area contributed by atoms with Crippen LogP contribution in [0.5, 0.6) is 0 Å². The van der Waals surface area contributed by atoms with Crippen LogP contribution in [0.25, 0.3) is 0 Å². The molecule has 2 fully saturated rings. The zero-order valence-electron chi connectivity index (χ0n) is 17.5. The molecule has 156 valence electrons. The number of aromatic nitrogens is 2. The molecular weight excluding hydrogens is 384 g/mol. The topological polar surface area (TPSA) is 73.4 Å². The van der Waals surface area contributed by atoms with E-state index in [1.807, 2.05) is 0 Å². The van der Waals surface area contributed by atoms with Crippen molar-refractivity contribution >= 4 is 27.5 Å². The molecule has 2 N–H and O–H groups in total. The van der Waals surface area contributed by atoms with Crippen molar-refractivity contribution in [1.82, 2.24) is 20.0 Å². The Labute approximate surface area is 176 Å². The highest BCUT2D eigenvalue weighted by Crippen LogP contribution is 2.39. The monoisotopic (exact) mass is 414 g/mol. The van der Waals surface area contributed by atoms with E-state index in [4.69, 9.17) is 0 Å². The van der Waals surface area contributed by atoms with Crippen molar-refractivity contribution in [3.63, 3.8) is 0 Å². The number of aryl methyl sites for hydroxylation is 2. The first kappa shape index (κ1) is 20.3. The van der Waals surface area contributed by atoms with Gasteiger partial charge in [0.15, 0.2) is 0 Å². The Balaban J connectivity index is 1.27. The van der Waals surface area contributed by atoms with E-state index in [1.165, 1.54) is 34.4 Å². The maximum absolute atomic E-state index is 12.4. The molecule has 0 aliphatic carbocycles. The number of nitrogens with zero attached hydrogens (tertiary/aromatic N) is 4. The van der Waals surface area contributed by atoms with Gasteiger partial charge in [-0.2, -0.15) is 0 Å². The highest BCUT2D eigenvalue weighted by molar-refractivity contribution is 7.19. The number of rotatable bonds is 6. The predicted octanol–water partition coefficient (Wildman–Crippen LogP) is 2.73. The Bertz CT molecular complexity index is 856. The Hall–Kier alpha value is -2.03. The van der Waals surface area contributed by atoms with Crippen LogP contribution in [0.1, 0.15) is 29.5 Å². The quantitative estimate of drug-likeness (QED) is 0.757. The van der Waals surface area contributed by atoms with Gasteiger partial charge < -0.3 is 5.32 Å². The molecule has 1 spiro atoms. The number of benzene rings is 1. The van der Waals surface area contributed by atoms with Crippen molar-refractivity contribution in [2.45, 2.75) is 33.2 Å². The van der Waals surface area contributed by atoms with E-state index in [1.54, 1.807) is 7.05 Å². The van der Waals surface area contributed by atoms with Gasteiger partial charge in [0, 0.05) is 38.6 Å². The smallest absolute Gasteiger partial charge is 0.240 e. The molecule has 29 heavy (non-hydrogen) atoms. The molecule has 3 heterocycles. The second-order valence-electron chi connectivity index (χ2n) is 8.67. The van der Waals surface area contributed by atoms with Crippen molar-refractivity contribution in [3.8, 4) is 0 Å². The molecule has 0 atom stereocenters. The third-order valence-corrected chi connectivity index (χ3v) is 6.65. The number of nitrogens with one attached hydrogen (secondary N) is 2. The molecule has 0 unspecified atom stereocenters. The fourth-order valence-electron chi connectivity index (χ4n) is 4.87. The van der Waals surface area contributed by atoms with Crippen molar-refractivity contribution in [1.29, 1.82) is 0 Å². The summed E-state index contributed by atoms with van der Waals surface area (Å²) in [5.74, 6) is -0.00716. The molecule has 8 heteroatoms. The normalized spacial score (nSPS) is 19.1. The van der Waals surface area contributed by atoms with Crippen molar-refractivity contribution in [2.75, 3.05) is 50.4 Å². The fourth-order valence-corrected chi connectivity index (χ4v) is 5.49. The fraction of sp³-hybridized carbons (Fsp3) is 0.571. The van der Waals surface area contributed by atoms with E-state index in [-0.39, 0.29) is 5.91 Å². The maximum atomic E-state index is 12.4. The zero-order valence-corrected chi connectivity index (χ0v) is 18.3. The Kier molecular flexibility index (Phi) is 5.85. The molecule has 0 radical (unpaired) electrons. The van der Waals surface area contributed by atoms with Gasteiger partial charge in [-0.25, -0.2) is 0 Å². The molecule has 0 bridgehead atoms. The van der Waals surface area contributed by atoms with E-state index in [9.17, 15) is 4.79 Å². The van der Waals surface area contributed by atoms with Crippen LogP contribution in [0.15, 0.2) is 18.2 Å². The average molecular weight is 415 g/mol. The van der Waals surface area contributed by atoms with Crippen LogP contribution < -0.4 is 10.6 Å². The van der Waals surface area contributed by atoms with Crippen LogP contribution >= 0.6 is 11.3 Å². The minimum atomic E-state index is -0.00716. The average Bonchev–Trinajstić information content (AvgIpc) is 3.07. The summed E-state index contributed by atoms with van der Waals surface area (Å²) >= 11 is 1.35. The Morgan fingerprint density at radius 3 is 2.48 bits per heavy atom. The van der Waals surface area contributed by atoms with Crippen molar-refractivity contribution in [3.05, 3.63) is 34.9 Å². The Morgan fingerprint density at radius 2 is 1.79 bits per heavy atom. The number of likely N-dealkylation sites (tertiary alicyclic amines) is 2. The SMILES string of the molecule is CNc1nnc(NC(=O)CN2CCCC3(C2)CN(Cc2cc(C)cc(C)c2)C3)s1. The molecule has 4 rings (SSSR count). The number of carbonyl (C=O) groups is 1. The van der Waals surface area contributed by atoms with Crippen LogP contribution in [-0.4, -0.2) is 65.7 Å². The second kappa shape index (κ2) is 8.38. The first-order valence-electron chi connectivity index (χ1n) is 10.3. The largest absolute Gasteiger partial charge is 0.363 e. The number of hydrogen-bond donors (Lipinski definition) is 2.